The summed E-state index contributed by atoms with van der Waals surface area (Å²) in [5.41, 5.74) is 0.882. The Morgan fingerprint density at radius 2 is 1.71 bits per heavy atom. The maximum atomic E-state index is 14.0. The Bertz CT molecular complexity index is 1490. The molecule has 1 unspecified atom stereocenters. The number of ether oxygens (including phenoxy) is 1. The summed E-state index contributed by atoms with van der Waals surface area (Å²) in [5.74, 6) is -1.11. The highest BCUT2D eigenvalue weighted by molar-refractivity contribution is 7.92. The second-order valence-electron chi connectivity index (χ2n) is 9.13. The number of carbonyl (C=O) groups excluding carboxylic acids is 2. The van der Waals surface area contributed by atoms with E-state index in [4.69, 9.17) is 16.3 Å². The molecular weight excluding hydrogens is 572 g/mol. The number of anilines is 1. The van der Waals surface area contributed by atoms with Gasteiger partial charge in [0, 0.05) is 36.7 Å². The van der Waals surface area contributed by atoms with Crippen molar-refractivity contribution in [3.63, 3.8) is 0 Å². The number of benzene rings is 3. The van der Waals surface area contributed by atoms with Gasteiger partial charge >= 0.3 is 0 Å². The first-order chi connectivity index (χ1) is 19.4. The van der Waals surface area contributed by atoms with Crippen LogP contribution in [0.5, 0.6) is 5.75 Å². The summed E-state index contributed by atoms with van der Waals surface area (Å²) in [4.78, 5) is 39.5. The molecule has 11 nitrogen and oxygen atoms in total. The molecule has 3 aromatic carbocycles. The van der Waals surface area contributed by atoms with E-state index in [1.807, 2.05) is 30.3 Å². The number of nitrogens with one attached hydrogen (secondary N) is 1. The average molecular weight is 603 g/mol. The molecule has 0 aliphatic carbocycles. The lowest BCUT2D eigenvalue weighted by Gasteiger charge is -2.33. The van der Waals surface area contributed by atoms with E-state index in [2.05, 4.69) is 5.32 Å². The zero-order valence-electron chi connectivity index (χ0n) is 22.8. The molecule has 0 aliphatic heterocycles. The van der Waals surface area contributed by atoms with Gasteiger partial charge in [-0.15, -0.1) is 0 Å². The van der Waals surface area contributed by atoms with Crippen LogP contribution < -0.4 is 14.4 Å². The Morgan fingerprint density at radius 1 is 1.05 bits per heavy atom. The fraction of sp³-hybridized carbons (Fsp3) is 0.286. The van der Waals surface area contributed by atoms with Gasteiger partial charge in [-0.3, -0.25) is 24.0 Å². The first-order valence-electron chi connectivity index (χ1n) is 12.6. The molecule has 3 rings (SSSR count). The Kier molecular flexibility index (Phi) is 10.7. The fourth-order valence-electron chi connectivity index (χ4n) is 4.21. The van der Waals surface area contributed by atoms with Gasteiger partial charge in [0.2, 0.25) is 21.8 Å². The summed E-state index contributed by atoms with van der Waals surface area (Å²) in [5, 5.41) is 14.7. The van der Waals surface area contributed by atoms with Crippen molar-refractivity contribution in [2.24, 2.45) is 0 Å². The highest BCUT2D eigenvalue weighted by Gasteiger charge is 2.34. The van der Waals surface area contributed by atoms with Gasteiger partial charge in [0.25, 0.3) is 5.69 Å². The van der Waals surface area contributed by atoms with Crippen LogP contribution >= 0.6 is 11.6 Å². The third-order valence-electron chi connectivity index (χ3n) is 6.21. The van der Waals surface area contributed by atoms with E-state index in [0.29, 0.717) is 17.1 Å². The van der Waals surface area contributed by atoms with Gasteiger partial charge in [-0.05, 0) is 36.2 Å². The third-order valence-corrected chi connectivity index (χ3v) is 7.59. The molecule has 0 saturated carbocycles. The van der Waals surface area contributed by atoms with Gasteiger partial charge in [0.15, 0.2) is 0 Å². The predicted molar refractivity (Wildman–Crippen MR) is 156 cm³/mol. The van der Waals surface area contributed by atoms with Crippen molar-refractivity contribution >= 4 is 44.8 Å². The minimum absolute atomic E-state index is 0.0163. The molecule has 0 aromatic heterocycles. The monoisotopic (exact) mass is 602 g/mol. The molecule has 0 radical (unpaired) electrons. The van der Waals surface area contributed by atoms with Crippen molar-refractivity contribution < 1.29 is 27.7 Å². The van der Waals surface area contributed by atoms with Crippen LogP contribution in [-0.2, 0) is 32.6 Å². The van der Waals surface area contributed by atoms with Crippen molar-refractivity contribution in [3.8, 4) is 5.75 Å². The molecule has 2 amide bonds. The normalized spacial score (nSPS) is 11.8. The minimum Gasteiger partial charge on any atom is -0.495 e. The summed E-state index contributed by atoms with van der Waals surface area (Å²) in [6, 6.07) is 18.3. The molecule has 0 heterocycles. The number of likely N-dealkylation sites (N-methyl/N-ethyl adjacent to an activating group) is 1. The molecule has 0 spiro atoms. The largest absolute Gasteiger partial charge is 0.495 e. The smallest absolute Gasteiger partial charge is 0.271 e. The predicted octanol–water partition coefficient (Wildman–Crippen LogP) is 3.80. The van der Waals surface area contributed by atoms with Crippen LogP contribution in [0, 0.1) is 10.1 Å². The van der Waals surface area contributed by atoms with Crippen LogP contribution in [0.1, 0.15) is 18.1 Å². The molecule has 3 aromatic rings. The zero-order chi connectivity index (χ0) is 30.2. The van der Waals surface area contributed by atoms with Gasteiger partial charge in [-0.2, -0.15) is 0 Å². The number of amides is 2. The molecule has 0 aliphatic rings. The van der Waals surface area contributed by atoms with Gasteiger partial charge in [-0.1, -0.05) is 54.1 Å². The molecular formula is C28H31ClN4O7S. The third kappa shape index (κ3) is 8.41. The summed E-state index contributed by atoms with van der Waals surface area (Å²) < 4.78 is 32.0. The molecule has 218 valence electrons. The summed E-state index contributed by atoms with van der Waals surface area (Å²) >= 11 is 6.04. The van der Waals surface area contributed by atoms with Crippen molar-refractivity contribution in [2.45, 2.75) is 25.9 Å². The van der Waals surface area contributed by atoms with Gasteiger partial charge < -0.3 is 15.0 Å². The fourth-order valence-corrected chi connectivity index (χ4v) is 5.19. The Morgan fingerprint density at radius 3 is 2.27 bits per heavy atom. The highest BCUT2D eigenvalue weighted by atomic mass is 35.5. The first kappa shape index (κ1) is 31.4. The summed E-state index contributed by atoms with van der Waals surface area (Å²) in [6.07, 6.45) is 1.04. The van der Waals surface area contributed by atoms with E-state index in [1.54, 1.807) is 31.2 Å². The topological polar surface area (TPSA) is 139 Å². The molecule has 0 fully saturated rings. The average Bonchev–Trinajstić information content (AvgIpc) is 2.94. The van der Waals surface area contributed by atoms with Crippen molar-refractivity contribution in [3.05, 3.63) is 99.1 Å². The zero-order valence-corrected chi connectivity index (χ0v) is 24.4. The Hall–Kier alpha value is -4.16. The molecule has 0 saturated heterocycles. The number of rotatable bonds is 13. The van der Waals surface area contributed by atoms with Gasteiger partial charge in [-0.25, -0.2) is 8.42 Å². The lowest BCUT2D eigenvalue weighted by atomic mass is 10.0. The van der Waals surface area contributed by atoms with E-state index in [0.717, 1.165) is 22.2 Å². The second kappa shape index (κ2) is 14.0. The molecule has 41 heavy (non-hydrogen) atoms. The van der Waals surface area contributed by atoms with Crippen LogP contribution in [0.4, 0.5) is 11.4 Å². The van der Waals surface area contributed by atoms with Gasteiger partial charge in [0.05, 0.1) is 18.3 Å². The van der Waals surface area contributed by atoms with Crippen LogP contribution in [0.2, 0.25) is 5.02 Å². The number of halogens is 1. The number of hydrogen-bond acceptors (Lipinski definition) is 7. The maximum absolute atomic E-state index is 14.0. The van der Waals surface area contributed by atoms with E-state index in [1.165, 1.54) is 24.1 Å². The van der Waals surface area contributed by atoms with Crippen LogP contribution in [-0.4, -0.2) is 62.6 Å². The second-order valence-corrected chi connectivity index (χ2v) is 11.5. The van der Waals surface area contributed by atoms with Crippen molar-refractivity contribution in [1.82, 2.24) is 10.2 Å². The van der Waals surface area contributed by atoms with Gasteiger partial charge in [0.1, 0.15) is 24.0 Å². The molecule has 13 heteroatoms. The highest BCUT2D eigenvalue weighted by Crippen LogP contribution is 2.34. The number of hydrogen-bond donors (Lipinski definition) is 1. The van der Waals surface area contributed by atoms with Crippen LogP contribution in [0.25, 0.3) is 0 Å². The number of carbonyl (C=O) groups is 2. The Balaban J connectivity index is 2.10. The van der Waals surface area contributed by atoms with Crippen LogP contribution in [0.15, 0.2) is 72.8 Å². The Labute approximate surface area is 243 Å². The minimum atomic E-state index is -4.15. The van der Waals surface area contributed by atoms with E-state index in [9.17, 15) is 28.1 Å². The number of sulfonamides is 1. The number of nitro benzene ring substituents is 1. The van der Waals surface area contributed by atoms with E-state index < -0.39 is 39.3 Å². The van der Waals surface area contributed by atoms with E-state index in [-0.39, 0.29) is 30.1 Å². The lowest BCUT2D eigenvalue weighted by molar-refractivity contribution is -0.384. The number of nitro groups is 1. The first-order valence-corrected chi connectivity index (χ1v) is 14.8. The standard InChI is InChI=1S/C28H31ClN4O7S/c1-4-30-28(35)25(16-20-8-6-5-7-9-20)31(18-21-10-12-22(29)13-11-21)27(34)19-32(41(3,38)39)24-17-23(33(36)37)14-15-26(24)40-2/h5-15,17,25H,4,16,18-19H2,1-3H3,(H,30,35). The van der Waals surface area contributed by atoms with Crippen molar-refractivity contribution in [2.75, 3.05) is 30.8 Å². The SMILES string of the molecule is CCNC(=O)C(Cc1ccccc1)N(Cc1ccc(Cl)cc1)C(=O)CN(c1cc([N+](=O)[O-])ccc1OC)S(C)(=O)=O. The summed E-state index contributed by atoms with van der Waals surface area (Å²) in [7, 11) is -2.87. The van der Waals surface area contributed by atoms with Crippen molar-refractivity contribution in [1.29, 1.82) is 0 Å². The number of non-ortho nitro benzene ring substituents is 1. The lowest BCUT2D eigenvalue weighted by Crippen LogP contribution is -2.53. The number of nitrogens with zero attached hydrogens (tertiary/aromatic N) is 3. The quantitative estimate of drug-likeness (QED) is 0.232. The van der Waals surface area contributed by atoms with Crippen LogP contribution in [0.3, 0.4) is 0 Å². The molecule has 0 bridgehead atoms. The number of methoxy groups -OCH3 is 1. The van der Waals surface area contributed by atoms with E-state index >= 15 is 0 Å². The molecule has 1 N–H and O–H groups in total. The maximum Gasteiger partial charge on any atom is 0.271 e. The summed E-state index contributed by atoms with van der Waals surface area (Å²) in [6.45, 7) is 1.29. The molecule has 1 atom stereocenters.